The van der Waals surface area contributed by atoms with Crippen LogP contribution < -0.4 is 0 Å². The van der Waals surface area contributed by atoms with Crippen LogP contribution in [0.5, 0.6) is 0 Å². The summed E-state index contributed by atoms with van der Waals surface area (Å²) in [6.07, 6.45) is 0. The molecular formula is C52H30N4O2. The van der Waals surface area contributed by atoms with Crippen molar-refractivity contribution in [3.63, 3.8) is 0 Å². The zero-order valence-corrected chi connectivity index (χ0v) is 30.9. The first kappa shape index (κ1) is 32.3. The molecule has 0 amide bonds. The lowest BCUT2D eigenvalue weighted by atomic mass is 9.95. The minimum absolute atomic E-state index is 0.584. The van der Waals surface area contributed by atoms with Crippen LogP contribution in [0, 0.1) is 0 Å². The number of hydrogen-bond donors (Lipinski definition) is 0. The van der Waals surface area contributed by atoms with Crippen LogP contribution in [0.15, 0.2) is 191 Å². The number of pyridine rings is 1. The fourth-order valence-electron chi connectivity index (χ4n) is 8.48. The standard InChI is InChI=1S/C52H30N4O2/c1-4-14-31(15-5-1)48-37-27-29-44-47(46(37)36-20-10-11-24-41(36)53-48)40-30-34(26-28-42(40)57-44)35-21-12-22-38-45-39(23-13-25-43(45)58-49(35)38)52-55-50(32-16-6-2-7-17-32)54-51(56-52)33-18-8-3-9-19-33/h1-30H. The van der Waals surface area contributed by atoms with E-state index in [1.807, 2.05) is 84.9 Å². The van der Waals surface area contributed by atoms with Crippen LogP contribution in [0.3, 0.4) is 0 Å². The Kier molecular flexibility index (Phi) is 7.13. The van der Waals surface area contributed by atoms with E-state index in [0.717, 1.165) is 105 Å². The van der Waals surface area contributed by atoms with Crippen LogP contribution in [0.1, 0.15) is 0 Å². The molecule has 0 bridgehead atoms. The Labute approximate surface area is 331 Å². The van der Waals surface area contributed by atoms with Crippen molar-refractivity contribution in [1.82, 2.24) is 19.9 Å². The van der Waals surface area contributed by atoms with Crippen LogP contribution in [0.25, 0.3) is 122 Å². The van der Waals surface area contributed by atoms with Gasteiger partial charge in [0, 0.05) is 65.5 Å². The number of furan rings is 2. The predicted octanol–water partition coefficient (Wildman–Crippen LogP) is 13.7. The van der Waals surface area contributed by atoms with Crippen molar-refractivity contribution in [1.29, 1.82) is 0 Å². The van der Waals surface area contributed by atoms with Crippen molar-refractivity contribution in [2.75, 3.05) is 0 Å². The third kappa shape index (κ3) is 5.05. The zero-order valence-electron chi connectivity index (χ0n) is 30.9. The molecular weight excluding hydrogens is 713 g/mol. The molecule has 12 rings (SSSR count). The Hall–Kier alpha value is -7.96. The number of aromatic nitrogens is 4. The molecule has 6 heteroatoms. The van der Waals surface area contributed by atoms with E-state index in [2.05, 4.69) is 97.1 Å². The van der Waals surface area contributed by atoms with Gasteiger partial charge in [0.15, 0.2) is 17.5 Å². The van der Waals surface area contributed by atoms with Gasteiger partial charge in [0.2, 0.25) is 0 Å². The average molecular weight is 743 g/mol. The highest BCUT2D eigenvalue weighted by Crippen LogP contribution is 2.44. The van der Waals surface area contributed by atoms with Crippen molar-refractivity contribution in [3.8, 4) is 56.5 Å². The monoisotopic (exact) mass is 742 g/mol. The summed E-state index contributed by atoms with van der Waals surface area (Å²) >= 11 is 0. The summed E-state index contributed by atoms with van der Waals surface area (Å²) in [6, 6.07) is 62.0. The second-order valence-corrected chi connectivity index (χ2v) is 14.5. The number of hydrogen-bond acceptors (Lipinski definition) is 6. The second kappa shape index (κ2) is 12.8. The molecule has 270 valence electrons. The van der Waals surface area contributed by atoms with Gasteiger partial charge in [-0.05, 0) is 42.0 Å². The Morgan fingerprint density at radius 2 is 0.914 bits per heavy atom. The molecule has 4 heterocycles. The molecule has 0 aliphatic rings. The maximum Gasteiger partial charge on any atom is 0.164 e. The molecule has 0 aliphatic carbocycles. The molecule has 0 atom stereocenters. The van der Waals surface area contributed by atoms with E-state index < -0.39 is 0 Å². The van der Waals surface area contributed by atoms with Crippen LogP contribution >= 0.6 is 0 Å². The predicted molar refractivity (Wildman–Crippen MR) is 234 cm³/mol. The first-order valence-corrected chi connectivity index (χ1v) is 19.3. The average Bonchev–Trinajstić information content (AvgIpc) is 3.88. The lowest BCUT2D eigenvalue weighted by Crippen LogP contribution is -2.00. The lowest BCUT2D eigenvalue weighted by Gasteiger charge is -2.11. The SMILES string of the molecule is c1ccc(-c2nc(-c3ccccc3)nc(-c3cccc4oc5c(-c6ccc7oc8ccc9c(-c%10ccccc%10)nc%10ccccc%10c9c8c7c6)cccc5c34)n2)cc1. The van der Waals surface area contributed by atoms with Gasteiger partial charge < -0.3 is 8.83 Å². The van der Waals surface area contributed by atoms with E-state index in [-0.39, 0.29) is 0 Å². The molecule has 6 nitrogen and oxygen atoms in total. The van der Waals surface area contributed by atoms with Crippen molar-refractivity contribution < 1.29 is 8.83 Å². The van der Waals surface area contributed by atoms with Gasteiger partial charge in [-0.1, -0.05) is 146 Å². The van der Waals surface area contributed by atoms with Crippen molar-refractivity contribution in [3.05, 3.63) is 182 Å². The molecule has 12 aromatic rings. The van der Waals surface area contributed by atoms with Gasteiger partial charge in [0.25, 0.3) is 0 Å². The zero-order chi connectivity index (χ0) is 38.2. The van der Waals surface area contributed by atoms with Gasteiger partial charge in [-0.2, -0.15) is 0 Å². The fraction of sp³-hybridized carbons (Fsp3) is 0. The van der Waals surface area contributed by atoms with Crippen molar-refractivity contribution in [2.45, 2.75) is 0 Å². The molecule has 0 saturated carbocycles. The smallest absolute Gasteiger partial charge is 0.164 e. The summed E-state index contributed by atoms with van der Waals surface area (Å²) in [5, 5.41) is 7.35. The maximum absolute atomic E-state index is 6.80. The summed E-state index contributed by atoms with van der Waals surface area (Å²) in [7, 11) is 0. The first-order valence-electron chi connectivity index (χ1n) is 19.3. The van der Waals surface area contributed by atoms with Crippen LogP contribution in [0.2, 0.25) is 0 Å². The topological polar surface area (TPSA) is 77.8 Å². The van der Waals surface area contributed by atoms with Gasteiger partial charge in [0.05, 0.1) is 11.2 Å². The van der Waals surface area contributed by atoms with Crippen molar-refractivity contribution in [2.24, 2.45) is 0 Å². The van der Waals surface area contributed by atoms with Gasteiger partial charge in [-0.25, -0.2) is 19.9 Å². The summed E-state index contributed by atoms with van der Waals surface area (Å²) in [5.41, 5.74) is 10.9. The van der Waals surface area contributed by atoms with Gasteiger partial charge in [-0.15, -0.1) is 0 Å². The van der Waals surface area contributed by atoms with Gasteiger partial charge >= 0.3 is 0 Å². The number of benzene rings is 8. The van der Waals surface area contributed by atoms with E-state index in [9.17, 15) is 0 Å². The normalized spacial score (nSPS) is 11.8. The fourth-order valence-corrected chi connectivity index (χ4v) is 8.48. The van der Waals surface area contributed by atoms with E-state index >= 15 is 0 Å². The summed E-state index contributed by atoms with van der Waals surface area (Å²) in [5.74, 6) is 1.81. The minimum atomic E-state index is 0.584. The highest BCUT2D eigenvalue weighted by atomic mass is 16.3. The molecule has 0 aliphatic heterocycles. The molecule has 0 fully saturated rings. The number of nitrogens with zero attached hydrogens (tertiary/aromatic N) is 4. The van der Waals surface area contributed by atoms with Gasteiger partial charge in [-0.3, -0.25) is 0 Å². The van der Waals surface area contributed by atoms with Crippen LogP contribution in [-0.2, 0) is 0 Å². The second-order valence-electron chi connectivity index (χ2n) is 14.5. The van der Waals surface area contributed by atoms with Crippen molar-refractivity contribution >= 4 is 65.6 Å². The number of fused-ring (bicyclic) bond motifs is 10. The highest BCUT2D eigenvalue weighted by molar-refractivity contribution is 6.28. The third-order valence-corrected chi connectivity index (χ3v) is 11.1. The first-order chi connectivity index (χ1) is 28.7. The number of para-hydroxylation sites is 2. The van der Waals surface area contributed by atoms with E-state index in [1.54, 1.807) is 0 Å². The Morgan fingerprint density at radius 3 is 1.67 bits per heavy atom. The molecule has 0 N–H and O–H groups in total. The van der Waals surface area contributed by atoms with Crippen LogP contribution in [-0.4, -0.2) is 19.9 Å². The lowest BCUT2D eigenvalue weighted by molar-refractivity contribution is 0.668. The van der Waals surface area contributed by atoms with E-state index in [0.29, 0.717) is 17.5 Å². The largest absolute Gasteiger partial charge is 0.456 e. The Morgan fingerprint density at radius 1 is 0.310 bits per heavy atom. The summed E-state index contributed by atoms with van der Waals surface area (Å²) in [6.45, 7) is 0. The van der Waals surface area contributed by atoms with E-state index in [4.69, 9.17) is 28.8 Å². The molecule has 0 spiro atoms. The Balaban J connectivity index is 1.08. The Bertz CT molecular complexity index is 3500. The van der Waals surface area contributed by atoms with E-state index in [1.165, 1.54) is 0 Å². The van der Waals surface area contributed by atoms with Gasteiger partial charge in [0.1, 0.15) is 22.3 Å². The molecule has 4 aromatic heterocycles. The highest BCUT2D eigenvalue weighted by Gasteiger charge is 2.21. The molecule has 0 saturated heterocycles. The summed E-state index contributed by atoms with van der Waals surface area (Å²) in [4.78, 5) is 20.2. The quantitative estimate of drug-likeness (QED) is 0.163. The molecule has 0 radical (unpaired) electrons. The molecule has 8 aromatic carbocycles. The van der Waals surface area contributed by atoms with Crippen LogP contribution in [0.4, 0.5) is 0 Å². The number of rotatable bonds is 5. The molecule has 58 heavy (non-hydrogen) atoms. The third-order valence-electron chi connectivity index (χ3n) is 11.1. The summed E-state index contributed by atoms with van der Waals surface area (Å²) < 4.78 is 13.4. The minimum Gasteiger partial charge on any atom is -0.456 e. The molecule has 0 unspecified atom stereocenters. The maximum atomic E-state index is 6.80.